The highest BCUT2D eigenvalue weighted by molar-refractivity contribution is 7.99. The fourth-order valence-corrected chi connectivity index (χ4v) is 3.27. The topological polar surface area (TPSA) is 12.0 Å². The van der Waals surface area contributed by atoms with Gasteiger partial charge >= 0.3 is 0 Å². The van der Waals surface area contributed by atoms with E-state index < -0.39 is 0 Å². The van der Waals surface area contributed by atoms with E-state index in [0.29, 0.717) is 0 Å². The van der Waals surface area contributed by atoms with Gasteiger partial charge in [0.15, 0.2) is 0 Å². The first-order chi connectivity index (χ1) is 6.36. The molecule has 2 aliphatic rings. The van der Waals surface area contributed by atoms with Gasteiger partial charge in [0.05, 0.1) is 0 Å². The SMILES string of the molecule is CC(NCC1CCSCC1)C1CC1. The van der Waals surface area contributed by atoms with Crippen LogP contribution in [0.5, 0.6) is 0 Å². The number of rotatable bonds is 4. The summed E-state index contributed by atoms with van der Waals surface area (Å²) in [6, 6.07) is 0.787. The van der Waals surface area contributed by atoms with Crippen LogP contribution in [-0.4, -0.2) is 24.1 Å². The Bertz CT molecular complexity index is 150. The number of hydrogen-bond donors (Lipinski definition) is 1. The second-order valence-electron chi connectivity index (χ2n) is 4.59. The number of thioether (sulfide) groups is 1. The third kappa shape index (κ3) is 3.17. The van der Waals surface area contributed by atoms with Crippen molar-refractivity contribution in [3.63, 3.8) is 0 Å². The van der Waals surface area contributed by atoms with Crippen molar-refractivity contribution in [2.75, 3.05) is 18.1 Å². The van der Waals surface area contributed by atoms with Gasteiger partial charge < -0.3 is 5.32 Å². The van der Waals surface area contributed by atoms with Crippen LogP contribution in [0.1, 0.15) is 32.6 Å². The molecule has 0 aromatic rings. The lowest BCUT2D eigenvalue weighted by Crippen LogP contribution is -2.33. The summed E-state index contributed by atoms with van der Waals surface area (Å²) in [5.41, 5.74) is 0. The van der Waals surface area contributed by atoms with Crippen LogP contribution in [0.25, 0.3) is 0 Å². The highest BCUT2D eigenvalue weighted by Crippen LogP contribution is 2.32. The van der Waals surface area contributed by atoms with E-state index in [9.17, 15) is 0 Å². The third-order valence-corrected chi connectivity index (χ3v) is 4.45. The average Bonchev–Trinajstić information content (AvgIpc) is 2.99. The summed E-state index contributed by atoms with van der Waals surface area (Å²) in [5.74, 6) is 4.77. The minimum atomic E-state index is 0.787. The Hall–Kier alpha value is 0.310. The van der Waals surface area contributed by atoms with Crippen molar-refractivity contribution in [2.24, 2.45) is 11.8 Å². The van der Waals surface area contributed by atoms with Crippen molar-refractivity contribution in [1.29, 1.82) is 0 Å². The summed E-state index contributed by atoms with van der Waals surface area (Å²) < 4.78 is 0. The lowest BCUT2D eigenvalue weighted by Gasteiger charge is -2.23. The standard InChI is InChI=1S/C11H21NS/c1-9(11-2-3-11)12-8-10-4-6-13-7-5-10/h9-12H,2-8H2,1H3. The second-order valence-corrected chi connectivity index (χ2v) is 5.81. The molecule has 0 aromatic carbocycles. The van der Waals surface area contributed by atoms with Crippen LogP contribution in [0.15, 0.2) is 0 Å². The van der Waals surface area contributed by atoms with E-state index in [0.717, 1.165) is 17.9 Å². The van der Waals surface area contributed by atoms with E-state index in [1.807, 2.05) is 0 Å². The number of nitrogens with one attached hydrogen (secondary N) is 1. The van der Waals surface area contributed by atoms with Gasteiger partial charge in [-0.2, -0.15) is 11.8 Å². The molecule has 2 fully saturated rings. The molecule has 1 heterocycles. The van der Waals surface area contributed by atoms with E-state index >= 15 is 0 Å². The molecule has 0 radical (unpaired) electrons. The lowest BCUT2D eigenvalue weighted by atomic mass is 10.0. The van der Waals surface area contributed by atoms with Crippen LogP contribution in [-0.2, 0) is 0 Å². The van der Waals surface area contributed by atoms with Crippen LogP contribution in [0.4, 0.5) is 0 Å². The van der Waals surface area contributed by atoms with Crippen molar-refractivity contribution in [3.05, 3.63) is 0 Å². The monoisotopic (exact) mass is 199 g/mol. The van der Waals surface area contributed by atoms with E-state index in [-0.39, 0.29) is 0 Å². The molecule has 1 nitrogen and oxygen atoms in total. The Morgan fingerprint density at radius 1 is 1.23 bits per heavy atom. The summed E-state index contributed by atoms with van der Waals surface area (Å²) >= 11 is 2.12. The van der Waals surface area contributed by atoms with E-state index in [1.165, 1.54) is 43.7 Å². The summed E-state index contributed by atoms with van der Waals surface area (Å²) in [7, 11) is 0. The van der Waals surface area contributed by atoms with Gasteiger partial charge in [0.25, 0.3) is 0 Å². The second kappa shape index (κ2) is 4.70. The molecule has 76 valence electrons. The van der Waals surface area contributed by atoms with Crippen molar-refractivity contribution in [3.8, 4) is 0 Å². The summed E-state index contributed by atoms with van der Waals surface area (Å²) in [4.78, 5) is 0. The van der Waals surface area contributed by atoms with Crippen molar-refractivity contribution in [2.45, 2.75) is 38.6 Å². The first-order valence-electron chi connectivity index (χ1n) is 5.67. The first kappa shape index (κ1) is 9.85. The van der Waals surface area contributed by atoms with Gasteiger partial charge in [0, 0.05) is 6.04 Å². The maximum atomic E-state index is 3.70. The number of hydrogen-bond acceptors (Lipinski definition) is 2. The van der Waals surface area contributed by atoms with Gasteiger partial charge in [0.1, 0.15) is 0 Å². The zero-order chi connectivity index (χ0) is 9.10. The molecule has 0 aromatic heterocycles. The molecule has 1 saturated carbocycles. The van der Waals surface area contributed by atoms with E-state index in [1.54, 1.807) is 0 Å². The van der Waals surface area contributed by atoms with Gasteiger partial charge in [-0.05, 0) is 62.5 Å². The maximum absolute atomic E-state index is 3.70. The third-order valence-electron chi connectivity index (χ3n) is 3.40. The molecule has 1 saturated heterocycles. The van der Waals surface area contributed by atoms with Gasteiger partial charge in [-0.1, -0.05) is 0 Å². The lowest BCUT2D eigenvalue weighted by molar-refractivity contribution is 0.398. The Balaban J connectivity index is 1.60. The molecule has 2 rings (SSSR count). The molecular weight excluding hydrogens is 178 g/mol. The van der Waals surface area contributed by atoms with Crippen molar-refractivity contribution in [1.82, 2.24) is 5.32 Å². The fourth-order valence-electron chi connectivity index (χ4n) is 2.07. The Labute approximate surface area is 86.0 Å². The first-order valence-corrected chi connectivity index (χ1v) is 6.83. The molecule has 1 atom stereocenters. The molecule has 0 amide bonds. The minimum absolute atomic E-state index is 0.787. The van der Waals surface area contributed by atoms with E-state index in [4.69, 9.17) is 0 Å². The van der Waals surface area contributed by atoms with Crippen LogP contribution < -0.4 is 5.32 Å². The molecule has 2 heteroatoms. The summed E-state index contributed by atoms with van der Waals surface area (Å²) in [6.07, 6.45) is 5.81. The van der Waals surface area contributed by atoms with Crippen LogP contribution in [0.3, 0.4) is 0 Å². The molecule has 1 aliphatic carbocycles. The molecule has 13 heavy (non-hydrogen) atoms. The molecule has 1 unspecified atom stereocenters. The molecular formula is C11H21NS. The smallest absolute Gasteiger partial charge is 0.00671 e. The van der Waals surface area contributed by atoms with Gasteiger partial charge in [-0.3, -0.25) is 0 Å². The van der Waals surface area contributed by atoms with Crippen molar-refractivity contribution >= 4 is 11.8 Å². The minimum Gasteiger partial charge on any atom is -0.314 e. The molecule has 1 aliphatic heterocycles. The van der Waals surface area contributed by atoms with Crippen LogP contribution >= 0.6 is 11.8 Å². The maximum Gasteiger partial charge on any atom is 0.00671 e. The largest absolute Gasteiger partial charge is 0.314 e. The van der Waals surface area contributed by atoms with Crippen LogP contribution in [0.2, 0.25) is 0 Å². The van der Waals surface area contributed by atoms with E-state index in [2.05, 4.69) is 24.0 Å². The van der Waals surface area contributed by atoms with Gasteiger partial charge in [-0.25, -0.2) is 0 Å². The normalized spacial score (nSPS) is 27.5. The highest BCUT2D eigenvalue weighted by Gasteiger charge is 2.27. The quantitative estimate of drug-likeness (QED) is 0.746. The predicted molar refractivity (Wildman–Crippen MR) is 60.2 cm³/mol. The Kier molecular flexibility index (Phi) is 3.56. The Morgan fingerprint density at radius 2 is 1.92 bits per heavy atom. The predicted octanol–water partition coefficient (Wildman–Crippen LogP) is 2.52. The van der Waals surface area contributed by atoms with Gasteiger partial charge in [0.2, 0.25) is 0 Å². The molecule has 0 spiro atoms. The average molecular weight is 199 g/mol. The van der Waals surface area contributed by atoms with Gasteiger partial charge in [-0.15, -0.1) is 0 Å². The fraction of sp³-hybridized carbons (Fsp3) is 1.00. The zero-order valence-corrected chi connectivity index (χ0v) is 9.41. The summed E-state index contributed by atoms with van der Waals surface area (Å²) in [6.45, 7) is 3.63. The van der Waals surface area contributed by atoms with Crippen LogP contribution in [0, 0.1) is 11.8 Å². The summed E-state index contributed by atoms with van der Waals surface area (Å²) in [5, 5.41) is 3.70. The highest BCUT2D eigenvalue weighted by atomic mass is 32.2. The zero-order valence-electron chi connectivity index (χ0n) is 8.59. The molecule has 1 N–H and O–H groups in total. The Morgan fingerprint density at radius 3 is 2.54 bits per heavy atom. The molecule has 0 bridgehead atoms. The van der Waals surface area contributed by atoms with Crippen molar-refractivity contribution < 1.29 is 0 Å².